The number of ether oxygens (including phenoxy) is 3. The molecule has 0 radical (unpaired) electrons. The second kappa shape index (κ2) is 7.68. The van der Waals surface area contributed by atoms with Crippen LogP contribution < -0.4 is 9.47 Å². The van der Waals surface area contributed by atoms with Crippen molar-refractivity contribution < 1.29 is 19.0 Å². The number of carbonyl (C=O) groups is 1. The van der Waals surface area contributed by atoms with Crippen LogP contribution >= 0.6 is 0 Å². The molecule has 1 aromatic rings. The van der Waals surface area contributed by atoms with E-state index in [9.17, 15) is 4.79 Å². The maximum absolute atomic E-state index is 11.1. The maximum atomic E-state index is 11.1. The smallest absolute Gasteiger partial charge is 0.195 e. The van der Waals surface area contributed by atoms with Crippen LogP contribution in [0.4, 0.5) is 0 Å². The number of carbonyl (C=O) groups excluding carboxylic acids is 1. The van der Waals surface area contributed by atoms with Crippen LogP contribution in [0.1, 0.15) is 13.3 Å². The summed E-state index contributed by atoms with van der Waals surface area (Å²) in [7, 11) is 1.48. The van der Waals surface area contributed by atoms with Crippen molar-refractivity contribution in [3.05, 3.63) is 24.3 Å². The molecule has 0 fully saturated rings. The van der Waals surface area contributed by atoms with Crippen molar-refractivity contribution in [2.45, 2.75) is 13.3 Å². The largest absolute Gasteiger partial charge is 0.494 e. The van der Waals surface area contributed by atoms with Crippen LogP contribution in [0, 0.1) is 0 Å². The van der Waals surface area contributed by atoms with Gasteiger partial charge in [0, 0.05) is 7.11 Å². The number of rotatable bonds is 8. The van der Waals surface area contributed by atoms with E-state index >= 15 is 0 Å². The standard InChI is InChI=1S/C13H18O4/c1-3-8-16-12-4-6-13(7-5-12)17-10-11(14)9-15-2/h4-7H,3,8-10H2,1-2H3. The number of hydrogen-bond donors (Lipinski definition) is 0. The molecule has 0 bridgehead atoms. The van der Waals surface area contributed by atoms with Gasteiger partial charge in [-0.25, -0.2) is 0 Å². The van der Waals surface area contributed by atoms with E-state index in [0.717, 1.165) is 12.2 Å². The van der Waals surface area contributed by atoms with Gasteiger partial charge in [-0.2, -0.15) is 0 Å². The molecule has 0 saturated heterocycles. The zero-order valence-electron chi connectivity index (χ0n) is 10.3. The van der Waals surface area contributed by atoms with Gasteiger partial charge in [0.2, 0.25) is 0 Å². The average molecular weight is 238 g/mol. The van der Waals surface area contributed by atoms with Gasteiger partial charge in [0.25, 0.3) is 0 Å². The topological polar surface area (TPSA) is 44.8 Å². The van der Waals surface area contributed by atoms with Gasteiger partial charge in [-0.15, -0.1) is 0 Å². The molecule has 0 aliphatic rings. The minimum absolute atomic E-state index is 0.0308. The molecule has 0 atom stereocenters. The second-order valence-electron chi connectivity index (χ2n) is 3.58. The molecular formula is C13H18O4. The average Bonchev–Trinajstić information content (AvgIpc) is 2.35. The van der Waals surface area contributed by atoms with Crippen molar-refractivity contribution in [2.75, 3.05) is 26.9 Å². The first kappa shape index (κ1) is 13.5. The Bertz CT molecular complexity index is 332. The summed E-state index contributed by atoms with van der Waals surface area (Å²) in [5.74, 6) is 1.37. The molecule has 0 spiro atoms. The van der Waals surface area contributed by atoms with Gasteiger partial charge in [-0.3, -0.25) is 4.79 Å². The van der Waals surface area contributed by atoms with Crippen LogP contribution in [0.15, 0.2) is 24.3 Å². The SMILES string of the molecule is CCCOc1ccc(OCC(=O)COC)cc1. The fourth-order valence-electron chi connectivity index (χ4n) is 1.22. The van der Waals surface area contributed by atoms with Crippen molar-refractivity contribution in [1.29, 1.82) is 0 Å². The molecule has 0 saturated carbocycles. The molecule has 0 aliphatic heterocycles. The summed E-state index contributed by atoms with van der Waals surface area (Å²) in [6.45, 7) is 2.87. The highest BCUT2D eigenvalue weighted by atomic mass is 16.5. The van der Waals surface area contributed by atoms with Crippen molar-refractivity contribution >= 4 is 5.78 Å². The number of hydrogen-bond acceptors (Lipinski definition) is 4. The van der Waals surface area contributed by atoms with E-state index < -0.39 is 0 Å². The van der Waals surface area contributed by atoms with Crippen LogP contribution in [0.5, 0.6) is 11.5 Å². The van der Waals surface area contributed by atoms with Crippen LogP contribution in [0.2, 0.25) is 0 Å². The van der Waals surface area contributed by atoms with Gasteiger partial charge < -0.3 is 14.2 Å². The maximum Gasteiger partial charge on any atom is 0.195 e. The highest BCUT2D eigenvalue weighted by molar-refractivity contribution is 5.81. The predicted molar refractivity (Wildman–Crippen MR) is 64.6 cm³/mol. The molecule has 4 nitrogen and oxygen atoms in total. The Labute approximate surface area is 101 Å². The van der Waals surface area contributed by atoms with Gasteiger partial charge in [-0.1, -0.05) is 6.92 Å². The first-order chi connectivity index (χ1) is 8.26. The number of methoxy groups -OCH3 is 1. The Hall–Kier alpha value is -1.55. The number of ketones is 1. The molecule has 0 N–H and O–H groups in total. The zero-order valence-corrected chi connectivity index (χ0v) is 10.3. The quantitative estimate of drug-likeness (QED) is 0.695. The minimum atomic E-state index is -0.0844. The summed E-state index contributed by atoms with van der Waals surface area (Å²) in [6, 6.07) is 7.22. The van der Waals surface area contributed by atoms with Gasteiger partial charge in [-0.05, 0) is 30.7 Å². The third-order valence-electron chi connectivity index (χ3n) is 2.00. The summed E-state index contributed by atoms with van der Waals surface area (Å²) in [5, 5.41) is 0. The molecule has 0 amide bonds. The summed E-state index contributed by atoms with van der Waals surface area (Å²) in [6.07, 6.45) is 0.976. The van der Waals surface area contributed by atoms with Crippen molar-refractivity contribution in [3.8, 4) is 11.5 Å². The molecule has 94 valence electrons. The van der Waals surface area contributed by atoms with E-state index in [0.29, 0.717) is 12.4 Å². The molecule has 1 aromatic carbocycles. The van der Waals surface area contributed by atoms with Gasteiger partial charge in [0.15, 0.2) is 5.78 Å². The monoisotopic (exact) mass is 238 g/mol. The molecule has 17 heavy (non-hydrogen) atoms. The fourth-order valence-corrected chi connectivity index (χ4v) is 1.22. The summed E-state index contributed by atoms with van der Waals surface area (Å²) in [5.41, 5.74) is 0. The Kier molecular flexibility index (Phi) is 6.10. The van der Waals surface area contributed by atoms with Gasteiger partial charge in [0.1, 0.15) is 24.7 Å². The lowest BCUT2D eigenvalue weighted by Crippen LogP contribution is -2.16. The summed E-state index contributed by atoms with van der Waals surface area (Å²) >= 11 is 0. The van der Waals surface area contributed by atoms with Crippen molar-refractivity contribution in [3.63, 3.8) is 0 Å². The second-order valence-corrected chi connectivity index (χ2v) is 3.58. The van der Waals surface area contributed by atoms with Crippen molar-refractivity contribution in [2.24, 2.45) is 0 Å². The summed E-state index contributed by atoms with van der Waals surface area (Å²) < 4.78 is 15.4. The lowest BCUT2D eigenvalue weighted by molar-refractivity contribution is -0.124. The molecule has 4 heteroatoms. The molecule has 0 heterocycles. The fraction of sp³-hybridized carbons (Fsp3) is 0.462. The lowest BCUT2D eigenvalue weighted by Gasteiger charge is -2.07. The van der Waals surface area contributed by atoms with E-state index in [1.165, 1.54) is 7.11 Å². The summed E-state index contributed by atoms with van der Waals surface area (Å²) in [4.78, 5) is 11.1. The van der Waals surface area contributed by atoms with E-state index in [2.05, 4.69) is 6.92 Å². The van der Waals surface area contributed by atoms with Crippen LogP contribution in [0.25, 0.3) is 0 Å². The zero-order chi connectivity index (χ0) is 12.5. The highest BCUT2D eigenvalue weighted by Gasteiger charge is 2.02. The van der Waals surface area contributed by atoms with E-state index in [1.807, 2.05) is 12.1 Å². The molecular weight excluding hydrogens is 220 g/mol. The van der Waals surface area contributed by atoms with E-state index in [-0.39, 0.29) is 19.0 Å². The third-order valence-corrected chi connectivity index (χ3v) is 2.00. The van der Waals surface area contributed by atoms with Gasteiger partial charge >= 0.3 is 0 Å². The Morgan fingerprint density at radius 2 is 1.65 bits per heavy atom. The predicted octanol–water partition coefficient (Wildman–Crippen LogP) is 2.07. The van der Waals surface area contributed by atoms with E-state index in [4.69, 9.17) is 14.2 Å². The lowest BCUT2D eigenvalue weighted by atomic mass is 10.3. The molecule has 0 aromatic heterocycles. The first-order valence-corrected chi connectivity index (χ1v) is 5.62. The number of Topliss-reactive ketones (excluding diaryl/α,β-unsaturated/α-hetero) is 1. The van der Waals surface area contributed by atoms with Crippen LogP contribution in [-0.2, 0) is 9.53 Å². The van der Waals surface area contributed by atoms with Crippen LogP contribution in [-0.4, -0.2) is 32.7 Å². The number of benzene rings is 1. The third kappa shape index (κ3) is 5.36. The Balaban J connectivity index is 2.37. The van der Waals surface area contributed by atoms with Crippen molar-refractivity contribution in [1.82, 2.24) is 0 Å². The Morgan fingerprint density at radius 3 is 2.18 bits per heavy atom. The molecule has 0 unspecified atom stereocenters. The molecule has 1 rings (SSSR count). The Morgan fingerprint density at radius 1 is 1.06 bits per heavy atom. The van der Waals surface area contributed by atoms with Crippen LogP contribution in [0.3, 0.4) is 0 Å². The minimum Gasteiger partial charge on any atom is -0.494 e. The molecule has 0 aliphatic carbocycles. The first-order valence-electron chi connectivity index (χ1n) is 5.62. The van der Waals surface area contributed by atoms with E-state index in [1.54, 1.807) is 12.1 Å². The normalized spacial score (nSPS) is 10.0. The van der Waals surface area contributed by atoms with Gasteiger partial charge in [0.05, 0.1) is 6.61 Å². The highest BCUT2D eigenvalue weighted by Crippen LogP contribution is 2.17.